The zero-order chi connectivity index (χ0) is 14.9. The number of aliphatic hydroxyl groups excluding tert-OH is 1. The van der Waals surface area contributed by atoms with Crippen molar-refractivity contribution in [2.24, 2.45) is 0 Å². The van der Waals surface area contributed by atoms with Crippen LogP contribution in [0, 0.1) is 0 Å². The van der Waals surface area contributed by atoms with Gasteiger partial charge in [-0.15, -0.1) is 0 Å². The normalized spacial score (nSPS) is 18.4. The van der Waals surface area contributed by atoms with Gasteiger partial charge in [-0.3, -0.25) is 0 Å². The average Bonchev–Trinajstić information content (AvgIpc) is 2.80. The zero-order valence-corrected chi connectivity index (χ0v) is 13.2. The molecular formula is C18H29NO2. The Morgan fingerprint density at radius 2 is 2.00 bits per heavy atom. The molecule has 2 rings (SSSR count). The Labute approximate surface area is 128 Å². The van der Waals surface area contributed by atoms with Crippen molar-refractivity contribution in [3.63, 3.8) is 0 Å². The first-order chi connectivity index (χ1) is 10.3. The van der Waals surface area contributed by atoms with Crippen LogP contribution in [-0.4, -0.2) is 24.4 Å². The predicted octanol–water partition coefficient (Wildman–Crippen LogP) is 3.57. The lowest BCUT2D eigenvalue weighted by molar-refractivity contribution is 0.0442. The highest BCUT2D eigenvalue weighted by atomic mass is 16.5. The summed E-state index contributed by atoms with van der Waals surface area (Å²) in [7, 11) is 0. The number of rotatable bonds is 7. The van der Waals surface area contributed by atoms with Crippen LogP contribution in [0.3, 0.4) is 0 Å². The summed E-state index contributed by atoms with van der Waals surface area (Å²) in [5, 5.41) is 12.7. The van der Waals surface area contributed by atoms with E-state index in [1.165, 1.54) is 44.1 Å². The summed E-state index contributed by atoms with van der Waals surface area (Å²) in [5.41, 5.74) is 2.19. The van der Waals surface area contributed by atoms with Crippen LogP contribution in [-0.2, 0) is 11.3 Å². The molecule has 1 aromatic carbocycles. The van der Waals surface area contributed by atoms with E-state index in [9.17, 15) is 5.11 Å². The highest BCUT2D eigenvalue weighted by molar-refractivity contribution is 5.25. The lowest BCUT2D eigenvalue weighted by Crippen LogP contribution is -2.25. The summed E-state index contributed by atoms with van der Waals surface area (Å²) in [6.45, 7) is 3.92. The minimum absolute atomic E-state index is 0.103. The van der Waals surface area contributed by atoms with Gasteiger partial charge in [-0.2, -0.15) is 0 Å². The van der Waals surface area contributed by atoms with Crippen molar-refractivity contribution in [3.8, 4) is 0 Å². The fourth-order valence-corrected chi connectivity index (χ4v) is 2.99. The highest BCUT2D eigenvalue weighted by Gasteiger charge is 2.12. The molecule has 3 nitrogen and oxygen atoms in total. The van der Waals surface area contributed by atoms with Crippen LogP contribution in [0.15, 0.2) is 24.3 Å². The third-order valence-electron chi connectivity index (χ3n) is 4.34. The van der Waals surface area contributed by atoms with E-state index < -0.39 is 0 Å². The number of ether oxygens (including phenoxy) is 1. The molecule has 1 aromatic rings. The molecule has 0 spiro atoms. The largest absolute Gasteiger partial charge is 0.392 e. The number of hydrogen-bond donors (Lipinski definition) is 2. The first-order valence-corrected chi connectivity index (χ1v) is 8.34. The van der Waals surface area contributed by atoms with Gasteiger partial charge in [0, 0.05) is 12.6 Å². The molecule has 21 heavy (non-hydrogen) atoms. The Morgan fingerprint density at radius 3 is 2.71 bits per heavy atom. The van der Waals surface area contributed by atoms with Crippen molar-refractivity contribution in [3.05, 3.63) is 35.4 Å². The Bertz CT molecular complexity index is 400. The van der Waals surface area contributed by atoms with Gasteiger partial charge in [-0.25, -0.2) is 0 Å². The third kappa shape index (κ3) is 5.77. The maximum atomic E-state index is 9.18. The molecule has 1 atom stereocenters. The average molecular weight is 291 g/mol. The molecule has 0 aliphatic heterocycles. The molecule has 0 radical (unpaired) electrons. The van der Waals surface area contributed by atoms with E-state index in [-0.39, 0.29) is 12.6 Å². The molecule has 0 heterocycles. The minimum atomic E-state index is 0.103. The van der Waals surface area contributed by atoms with Crippen molar-refractivity contribution in [2.75, 3.05) is 13.2 Å². The fourth-order valence-electron chi connectivity index (χ4n) is 2.99. The monoisotopic (exact) mass is 291 g/mol. The Morgan fingerprint density at radius 1 is 1.24 bits per heavy atom. The molecular weight excluding hydrogens is 262 g/mol. The second-order valence-electron chi connectivity index (χ2n) is 6.06. The summed E-state index contributed by atoms with van der Waals surface area (Å²) in [4.78, 5) is 0. The van der Waals surface area contributed by atoms with Crippen molar-refractivity contribution in [1.29, 1.82) is 0 Å². The van der Waals surface area contributed by atoms with Crippen LogP contribution in [0.4, 0.5) is 0 Å². The van der Waals surface area contributed by atoms with Crippen LogP contribution < -0.4 is 5.32 Å². The molecule has 1 unspecified atom stereocenters. The predicted molar refractivity (Wildman–Crippen MR) is 86.2 cm³/mol. The summed E-state index contributed by atoms with van der Waals surface area (Å²) < 4.78 is 5.99. The smallest absolute Gasteiger partial charge is 0.0681 e. The third-order valence-corrected chi connectivity index (χ3v) is 4.34. The fraction of sp³-hybridized carbons (Fsp3) is 0.667. The quantitative estimate of drug-likeness (QED) is 0.596. The van der Waals surface area contributed by atoms with Crippen LogP contribution in [0.25, 0.3) is 0 Å². The van der Waals surface area contributed by atoms with Crippen LogP contribution in [0.1, 0.15) is 62.6 Å². The van der Waals surface area contributed by atoms with Gasteiger partial charge in [0.1, 0.15) is 0 Å². The Kier molecular flexibility index (Phi) is 7.20. The van der Waals surface area contributed by atoms with Crippen molar-refractivity contribution < 1.29 is 9.84 Å². The van der Waals surface area contributed by atoms with Gasteiger partial charge in [0.05, 0.1) is 19.3 Å². The summed E-state index contributed by atoms with van der Waals surface area (Å²) in [6, 6.07) is 8.40. The molecule has 0 amide bonds. The lowest BCUT2D eigenvalue weighted by Gasteiger charge is -2.18. The molecule has 0 saturated heterocycles. The van der Waals surface area contributed by atoms with Crippen molar-refractivity contribution in [2.45, 2.75) is 64.2 Å². The SMILES string of the molecule is CC(NCCOC1CCCCCC1)c1cccc(CO)c1. The molecule has 1 aliphatic rings. The van der Waals surface area contributed by atoms with E-state index in [1.807, 2.05) is 12.1 Å². The number of hydrogen-bond acceptors (Lipinski definition) is 3. The first kappa shape index (κ1) is 16.5. The molecule has 1 aliphatic carbocycles. The van der Waals surface area contributed by atoms with Gasteiger partial charge in [0.2, 0.25) is 0 Å². The number of nitrogens with one attached hydrogen (secondary N) is 1. The lowest BCUT2D eigenvalue weighted by atomic mass is 10.1. The molecule has 118 valence electrons. The van der Waals surface area contributed by atoms with E-state index in [0.717, 1.165) is 18.7 Å². The van der Waals surface area contributed by atoms with Gasteiger partial charge in [-0.05, 0) is 30.9 Å². The summed E-state index contributed by atoms with van der Waals surface area (Å²) >= 11 is 0. The molecule has 3 heteroatoms. The van der Waals surface area contributed by atoms with E-state index in [2.05, 4.69) is 24.4 Å². The second-order valence-corrected chi connectivity index (χ2v) is 6.06. The number of aliphatic hydroxyl groups is 1. The van der Waals surface area contributed by atoms with E-state index in [4.69, 9.17) is 4.74 Å². The second kappa shape index (κ2) is 9.19. The van der Waals surface area contributed by atoms with Crippen molar-refractivity contribution >= 4 is 0 Å². The molecule has 0 bridgehead atoms. The maximum absolute atomic E-state index is 9.18. The topological polar surface area (TPSA) is 41.5 Å². The van der Waals surface area contributed by atoms with E-state index in [1.54, 1.807) is 0 Å². The van der Waals surface area contributed by atoms with Gasteiger partial charge < -0.3 is 15.2 Å². The highest BCUT2D eigenvalue weighted by Crippen LogP contribution is 2.19. The zero-order valence-electron chi connectivity index (χ0n) is 13.2. The van der Waals surface area contributed by atoms with Gasteiger partial charge in [0.15, 0.2) is 0 Å². The standard InChI is InChI=1S/C18H29NO2/c1-15(17-8-6-7-16(13-17)14-20)19-11-12-21-18-9-4-2-3-5-10-18/h6-8,13,15,18-20H,2-5,9-12,14H2,1H3. The Balaban J connectivity index is 1.67. The molecule has 1 saturated carbocycles. The van der Waals surface area contributed by atoms with Crippen molar-refractivity contribution in [1.82, 2.24) is 5.32 Å². The van der Waals surface area contributed by atoms with Crippen LogP contribution in [0.2, 0.25) is 0 Å². The van der Waals surface area contributed by atoms with Gasteiger partial charge >= 0.3 is 0 Å². The number of benzene rings is 1. The van der Waals surface area contributed by atoms with E-state index in [0.29, 0.717) is 6.10 Å². The summed E-state index contributed by atoms with van der Waals surface area (Å²) in [5.74, 6) is 0. The molecule has 0 aromatic heterocycles. The van der Waals surface area contributed by atoms with E-state index >= 15 is 0 Å². The van der Waals surface area contributed by atoms with Gasteiger partial charge in [0.25, 0.3) is 0 Å². The van der Waals surface area contributed by atoms with Crippen LogP contribution >= 0.6 is 0 Å². The first-order valence-electron chi connectivity index (χ1n) is 8.34. The molecule has 1 fully saturated rings. The molecule has 2 N–H and O–H groups in total. The van der Waals surface area contributed by atoms with Gasteiger partial charge in [-0.1, -0.05) is 49.9 Å². The van der Waals surface area contributed by atoms with Crippen LogP contribution in [0.5, 0.6) is 0 Å². The minimum Gasteiger partial charge on any atom is -0.392 e. The summed E-state index contributed by atoms with van der Waals surface area (Å²) in [6.07, 6.45) is 8.32. The maximum Gasteiger partial charge on any atom is 0.0681 e. The Hall–Kier alpha value is -0.900.